The first kappa shape index (κ1) is 11.3. The Morgan fingerprint density at radius 3 is 2.44 bits per heavy atom. The molecule has 0 fully saturated rings. The van der Waals surface area contributed by atoms with Crippen LogP contribution in [0.15, 0.2) is 18.2 Å². The molecule has 0 saturated heterocycles. The lowest BCUT2D eigenvalue weighted by molar-refractivity contribution is 0.411. The maximum atomic E-state index is 11.3. The van der Waals surface area contributed by atoms with Crippen LogP contribution in [0, 0.1) is 5.41 Å². The lowest BCUT2D eigenvalue weighted by Crippen LogP contribution is -2.12. The van der Waals surface area contributed by atoms with Gasteiger partial charge < -0.3 is 0 Å². The van der Waals surface area contributed by atoms with Gasteiger partial charge in [0.1, 0.15) is 0 Å². The van der Waals surface area contributed by atoms with Gasteiger partial charge in [-0.1, -0.05) is 26.8 Å². The maximum absolute atomic E-state index is 11.3. The Morgan fingerprint density at radius 2 is 1.81 bits per heavy atom. The number of hydrogen-bond donors (Lipinski definition) is 2. The fraction of sp³-hybridized carbons (Fsp3) is 0.455. The molecular formula is C11H20N2O2S. The lowest BCUT2D eigenvalue weighted by Gasteiger charge is -2.18. The lowest BCUT2D eigenvalue weighted by atomic mass is 9.88. The summed E-state index contributed by atoms with van der Waals surface area (Å²) >= 11 is 0. The Morgan fingerprint density at radius 1 is 1.19 bits per heavy atom. The van der Waals surface area contributed by atoms with E-state index in [-0.39, 0.29) is 8.27 Å². The monoisotopic (exact) mass is 244 g/mol. The summed E-state index contributed by atoms with van der Waals surface area (Å²) in [5.41, 5.74) is 2.59. The normalized spacial score (nSPS) is 17.4. The SMILES string of the molecule is CC(C)(C)Cc1ccc2c(c1)NS(=O)(=O)N2.[HH].[HH]. The quantitative estimate of drug-likeness (QED) is 0.798. The molecule has 0 saturated carbocycles. The average Bonchev–Trinajstić information content (AvgIpc) is 2.34. The third kappa shape index (κ3) is 2.47. The van der Waals surface area contributed by atoms with E-state index < -0.39 is 10.2 Å². The third-order valence-electron chi connectivity index (χ3n) is 2.31. The Kier molecular flexibility index (Phi) is 2.38. The molecule has 5 heteroatoms. The summed E-state index contributed by atoms with van der Waals surface area (Å²) in [5, 5.41) is 0. The number of hydrogen-bond acceptors (Lipinski definition) is 2. The van der Waals surface area contributed by atoms with E-state index in [0.717, 1.165) is 12.0 Å². The van der Waals surface area contributed by atoms with Gasteiger partial charge in [0.05, 0.1) is 11.4 Å². The number of anilines is 2. The fourth-order valence-corrected chi connectivity index (χ4v) is 2.78. The van der Waals surface area contributed by atoms with Gasteiger partial charge in [0.2, 0.25) is 0 Å². The predicted molar refractivity (Wildman–Crippen MR) is 70.0 cm³/mol. The van der Waals surface area contributed by atoms with Crippen LogP contribution in [0.3, 0.4) is 0 Å². The van der Waals surface area contributed by atoms with Crippen LogP contribution in [-0.2, 0) is 16.6 Å². The second-order valence-corrected chi connectivity index (χ2v) is 6.74. The summed E-state index contributed by atoms with van der Waals surface area (Å²) in [7, 11) is -3.37. The number of nitrogens with one attached hydrogen (secondary N) is 2. The Bertz CT molecular complexity index is 524. The van der Waals surface area contributed by atoms with Crippen LogP contribution in [0.2, 0.25) is 0 Å². The molecule has 0 amide bonds. The van der Waals surface area contributed by atoms with E-state index in [1.165, 1.54) is 0 Å². The van der Waals surface area contributed by atoms with Gasteiger partial charge >= 0.3 is 10.2 Å². The highest BCUT2D eigenvalue weighted by Gasteiger charge is 2.22. The Labute approximate surface area is 99.2 Å². The van der Waals surface area contributed by atoms with Crippen molar-refractivity contribution >= 4 is 21.6 Å². The molecule has 0 unspecified atom stereocenters. The zero-order valence-corrected chi connectivity index (χ0v) is 10.5. The van der Waals surface area contributed by atoms with Gasteiger partial charge in [-0.05, 0) is 29.5 Å². The molecule has 0 aromatic heterocycles. The summed E-state index contributed by atoms with van der Waals surface area (Å²) in [6.45, 7) is 6.47. The van der Waals surface area contributed by atoms with Crippen LogP contribution < -0.4 is 9.44 Å². The van der Waals surface area contributed by atoms with Crippen LogP contribution in [-0.4, -0.2) is 8.42 Å². The minimum absolute atomic E-state index is 0. The average molecular weight is 244 g/mol. The van der Waals surface area contributed by atoms with Crippen molar-refractivity contribution in [3.8, 4) is 0 Å². The first-order valence-corrected chi connectivity index (χ1v) is 6.67. The van der Waals surface area contributed by atoms with E-state index in [0.29, 0.717) is 11.4 Å². The van der Waals surface area contributed by atoms with Gasteiger partial charge in [0.15, 0.2) is 0 Å². The zero-order valence-electron chi connectivity index (χ0n) is 9.66. The minimum Gasteiger partial charge on any atom is -0.265 e. The largest absolute Gasteiger partial charge is 0.321 e. The molecular weight excluding hydrogens is 224 g/mol. The van der Waals surface area contributed by atoms with E-state index in [4.69, 9.17) is 0 Å². The van der Waals surface area contributed by atoms with Crippen LogP contribution in [0.1, 0.15) is 29.2 Å². The summed E-state index contributed by atoms with van der Waals surface area (Å²) in [6, 6.07) is 5.64. The van der Waals surface area contributed by atoms with Crippen LogP contribution in [0.25, 0.3) is 0 Å². The minimum atomic E-state index is -3.37. The molecule has 1 aromatic carbocycles. The smallest absolute Gasteiger partial charge is 0.265 e. The van der Waals surface area contributed by atoms with Crippen molar-refractivity contribution in [2.24, 2.45) is 5.41 Å². The summed E-state index contributed by atoms with van der Waals surface area (Å²) in [6.07, 6.45) is 0.919. The van der Waals surface area contributed by atoms with Crippen LogP contribution in [0.4, 0.5) is 11.4 Å². The molecule has 16 heavy (non-hydrogen) atoms. The van der Waals surface area contributed by atoms with Crippen LogP contribution in [0.5, 0.6) is 0 Å². The third-order valence-corrected chi connectivity index (χ3v) is 3.28. The molecule has 0 atom stereocenters. The molecule has 2 rings (SSSR count). The van der Waals surface area contributed by atoms with E-state index in [1.54, 1.807) is 6.07 Å². The maximum Gasteiger partial charge on any atom is 0.321 e. The second kappa shape index (κ2) is 3.38. The van der Waals surface area contributed by atoms with Gasteiger partial charge in [0.25, 0.3) is 0 Å². The molecule has 1 aliphatic rings. The molecule has 1 aromatic rings. The molecule has 2 N–H and O–H groups in total. The second-order valence-electron chi connectivity index (χ2n) is 5.32. The predicted octanol–water partition coefficient (Wildman–Crippen LogP) is 2.85. The summed E-state index contributed by atoms with van der Waals surface area (Å²) < 4.78 is 27.4. The van der Waals surface area contributed by atoms with Crippen molar-refractivity contribution in [1.29, 1.82) is 0 Å². The molecule has 1 heterocycles. The standard InChI is InChI=1S/C11H16N2O2S.2H2/c1-11(2,3)7-8-4-5-9-10(6-8)13-16(14,15)12-9;;/h4-6,12-13H,7H2,1-3H3;2*1H. The summed E-state index contributed by atoms with van der Waals surface area (Å²) in [4.78, 5) is 0. The van der Waals surface area contributed by atoms with Crippen molar-refractivity contribution < 1.29 is 11.3 Å². The van der Waals surface area contributed by atoms with Gasteiger partial charge in [-0.25, -0.2) is 0 Å². The summed E-state index contributed by atoms with van der Waals surface area (Å²) in [5.74, 6) is 0. The molecule has 4 nitrogen and oxygen atoms in total. The van der Waals surface area contributed by atoms with E-state index >= 15 is 0 Å². The highest BCUT2D eigenvalue weighted by molar-refractivity contribution is 7.94. The highest BCUT2D eigenvalue weighted by atomic mass is 32.2. The topological polar surface area (TPSA) is 58.2 Å². The number of benzene rings is 1. The van der Waals surface area contributed by atoms with E-state index in [2.05, 4.69) is 30.2 Å². The molecule has 0 radical (unpaired) electrons. The molecule has 0 aliphatic carbocycles. The molecule has 92 valence electrons. The fourth-order valence-electron chi connectivity index (χ4n) is 1.80. The van der Waals surface area contributed by atoms with Crippen molar-refractivity contribution in [1.82, 2.24) is 0 Å². The van der Waals surface area contributed by atoms with E-state index in [1.807, 2.05) is 12.1 Å². The van der Waals surface area contributed by atoms with Crippen molar-refractivity contribution in [3.05, 3.63) is 23.8 Å². The van der Waals surface area contributed by atoms with Crippen molar-refractivity contribution in [2.75, 3.05) is 9.44 Å². The van der Waals surface area contributed by atoms with Crippen LogP contribution >= 0.6 is 0 Å². The first-order chi connectivity index (χ1) is 7.25. The zero-order chi connectivity index (χ0) is 12.0. The van der Waals surface area contributed by atoms with Gasteiger partial charge in [-0.2, -0.15) is 8.42 Å². The molecule has 1 aliphatic heterocycles. The Balaban J connectivity index is 0.00000144. The Hall–Kier alpha value is -1.23. The van der Waals surface area contributed by atoms with Gasteiger partial charge in [-0.15, -0.1) is 0 Å². The number of rotatable bonds is 1. The molecule has 0 spiro atoms. The van der Waals surface area contributed by atoms with E-state index in [9.17, 15) is 8.42 Å². The first-order valence-electron chi connectivity index (χ1n) is 5.19. The van der Waals surface area contributed by atoms with Crippen molar-refractivity contribution in [3.63, 3.8) is 0 Å². The van der Waals surface area contributed by atoms with Gasteiger partial charge in [0, 0.05) is 2.85 Å². The molecule has 0 bridgehead atoms. The van der Waals surface area contributed by atoms with Crippen molar-refractivity contribution in [2.45, 2.75) is 27.2 Å². The number of fused-ring (bicyclic) bond motifs is 1. The highest BCUT2D eigenvalue weighted by Crippen LogP contribution is 2.32. The van der Waals surface area contributed by atoms with Gasteiger partial charge in [-0.3, -0.25) is 9.44 Å².